The van der Waals surface area contributed by atoms with Gasteiger partial charge in [0.15, 0.2) is 0 Å². The lowest BCUT2D eigenvalue weighted by Gasteiger charge is -2.38. The van der Waals surface area contributed by atoms with Crippen molar-refractivity contribution in [1.29, 1.82) is 0 Å². The van der Waals surface area contributed by atoms with E-state index in [0.717, 1.165) is 25.6 Å². The van der Waals surface area contributed by atoms with Crippen molar-refractivity contribution in [2.24, 2.45) is 0 Å². The number of nitrogens with one attached hydrogen (secondary N) is 1. The first-order valence-corrected chi connectivity index (χ1v) is 6.74. The van der Waals surface area contributed by atoms with Gasteiger partial charge in [0, 0.05) is 19.0 Å². The Labute approximate surface area is 102 Å². The molecule has 90 valence electrons. The Morgan fingerprint density at radius 3 is 2.94 bits per heavy atom. The van der Waals surface area contributed by atoms with Crippen molar-refractivity contribution in [1.82, 2.24) is 5.32 Å². The summed E-state index contributed by atoms with van der Waals surface area (Å²) in [6, 6.07) is 6.88. The smallest absolute Gasteiger partial charge is 0.0863 e. The summed E-state index contributed by atoms with van der Waals surface area (Å²) in [7, 11) is 0. The SMILES string of the molecule is C[C@@]12CNC[C@@H]1c1cccc(C3CC3)c1CO2. The standard InChI is InChI=1S/C15H19NO/c1-15-9-16-7-14(15)12-4-2-3-11(10-5-6-10)13(12)8-17-15/h2-4,10,14,16H,5-9H2,1H3/t14-,15-/m1/s1. The summed E-state index contributed by atoms with van der Waals surface area (Å²) in [6.45, 7) is 5.13. The zero-order chi connectivity index (χ0) is 11.5. The van der Waals surface area contributed by atoms with Crippen LogP contribution >= 0.6 is 0 Å². The molecule has 1 aliphatic carbocycles. The lowest BCUT2D eigenvalue weighted by Crippen LogP contribution is -2.40. The number of fused-ring (bicyclic) bond motifs is 3. The van der Waals surface area contributed by atoms with Crippen molar-refractivity contribution in [2.75, 3.05) is 13.1 Å². The molecule has 0 aromatic heterocycles. The van der Waals surface area contributed by atoms with Crippen molar-refractivity contribution < 1.29 is 4.74 Å². The van der Waals surface area contributed by atoms with E-state index in [9.17, 15) is 0 Å². The number of hydrogen-bond acceptors (Lipinski definition) is 2. The van der Waals surface area contributed by atoms with Gasteiger partial charge in [0.25, 0.3) is 0 Å². The maximum Gasteiger partial charge on any atom is 0.0863 e. The molecule has 2 atom stereocenters. The van der Waals surface area contributed by atoms with E-state index in [1.807, 2.05) is 0 Å². The Kier molecular flexibility index (Phi) is 1.98. The van der Waals surface area contributed by atoms with Gasteiger partial charge in [0.05, 0.1) is 12.2 Å². The zero-order valence-corrected chi connectivity index (χ0v) is 10.3. The molecule has 0 unspecified atom stereocenters. The van der Waals surface area contributed by atoms with Crippen LogP contribution in [0.25, 0.3) is 0 Å². The molecule has 4 rings (SSSR count). The molecule has 2 heterocycles. The fraction of sp³-hybridized carbons (Fsp3) is 0.600. The van der Waals surface area contributed by atoms with Crippen LogP contribution in [0, 0.1) is 0 Å². The Hall–Kier alpha value is -0.860. The molecule has 1 N–H and O–H groups in total. The molecule has 0 amide bonds. The maximum absolute atomic E-state index is 6.17. The van der Waals surface area contributed by atoms with E-state index < -0.39 is 0 Å². The fourth-order valence-corrected chi connectivity index (χ4v) is 3.52. The molecule has 2 nitrogen and oxygen atoms in total. The van der Waals surface area contributed by atoms with Crippen LogP contribution in [0.2, 0.25) is 0 Å². The molecule has 17 heavy (non-hydrogen) atoms. The molecule has 3 aliphatic rings. The number of hydrogen-bond donors (Lipinski definition) is 1. The fourth-order valence-electron chi connectivity index (χ4n) is 3.52. The molecule has 1 aromatic rings. The van der Waals surface area contributed by atoms with E-state index >= 15 is 0 Å². The zero-order valence-electron chi connectivity index (χ0n) is 10.3. The second-order valence-corrected chi connectivity index (χ2v) is 5.97. The highest BCUT2D eigenvalue weighted by molar-refractivity contribution is 5.44. The lowest BCUT2D eigenvalue weighted by atomic mass is 9.80. The molecular weight excluding hydrogens is 210 g/mol. The van der Waals surface area contributed by atoms with Crippen molar-refractivity contribution in [3.63, 3.8) is 0 Å². The average molecular weight is 229 g/mol. The molecule has 2 heteroatoms. The summed E-state index contributed by atoms with van der Waals surface area (Å²) in [5, 5.41) is 3.48. The predicted octanol–water partition coefficient (Wildman–Crippen LogP) is 2.54. The Morgan fingerprint density at radius 1 is 1.29 bits per heavy atom. The third-order valence-electron chi connectivity index (χ3n) is 4.75. The maximum atomic E-state index is 6.17. The summed E-state index contributed by atoms with van der Waals surface area (Å²) in [5.41, 5.74) is 4.64. The summed E-state index contributed by atoms with van der Waals surface area (Å²) in [4.78, 5) is 0. The molecule has 1 saturated heterocycles. The highest BCUT2D eigenvalue weighted by atomic mass is 16.5. The van der Waals surface area contributed by atoms with Crippen LogP contribution in [0.3, 0.4) is 0 Å². The minimum absolute atomic E-state index is 0.0230. The van der Waals surface area contributed by atoms with E-state index in [1.54, 1.807) is 11.1 Å². The number of ether oxygens (including phenoxy) is 1. The van der Waals surface area contributed by atoms with Crippen LogP contribution < -0.4 is 5.32 Å². The van der Waals surface area contributed by atoms with Crippen molar-refractivity contribution in [3.8, 4) is 0 Å². The molecule has 0 radical (unpaired) electrons. The van der Waals surface area contributed by atoms with Gasteiger partial charge in [-0.3, -0.25) is 0 Å². The normalized spacial score (nSPS) is 35.5. The first-order valence-electron chi connectivity index (χ1n) is 6.74. The predicted molar refractivity (Wildman–Crippen MR) is 67.2 cm³/mol. The van der Waals surface area contributed by atoms with Crippen molar-refractivity contribution >= 4 is 0 Å². The van der Waals surface area contributed by atoms with Gasteiger partial charge in [-0.25, -0.2) is 0 Å². The van der Waals surface area contributed by atoms with Gasteiger partial charge < -0.3 is 10.1 Å². The highest BCUT2D eigenvalue weighted by Crippen LogP contribution is 2.47. The van der Waals surface area contributed by atoms with Crippen LogP contribution in [0.1, 0.15) is 48.3 Å². The quantitative estimate of drug-likeness (QED) is 0.799. The van der Waals surface area contributed by atoms with Gasteiger partial charge in [-0.1, -0.05) is 18.2 Å². The largest absolute Gasteiger partial charge is 0.369 e. The monoisotopic (exact) mass is 229 g/mol. The topological polar surface area (TPSA) is 21.3 Å². The third-order valence-corrected chi connectivity index (χ3v) is 4.75. The van der Waals surface area contributed by atoms with Crippen molar-refractivity contribution in [2.45, 2.75) is 43.8 Å². The van der Waals surface area contributed by atoms with Gasteiger partial charge >= 0.3 is 0 Å². The van der Waals surface area contributed by atoms with Crippen LogP contribution in [0.5, 0.6) is 0 Å². The Bertz CT molecular complexity index is 466. The van der Waals surface area contributed by atoms with Crippen LogP contribution in [0.4, 0.5) is 0 Å². The van der Waals surface area contributed by atoms with Gasteiger partial charge in [-0.2, -0.15) is 0 Å². The summed E-state index contributed by atoms with van der Waals surface area (Å²) in [6.07, 6.45) is 2.74. The number of rotatable bonds is 1. The average Bonchev–Trinajstić information content (AvgIpc) is 3.10. The number of benzene rings is 1. The van der Waals surface area contributed by atoms with Gasteiger partial charge in [-0.15, -0.1) is 0 Å². The van der Waals surface area contributed by atoms with E-state index in [0.29, 0.717) is 5.92 Å². The Balaban J connectivity index is 1.84. The van der Waals surface area contributed by atoms with Crippen LogP contribution in [-0.2, 0) is 11.3 Å². The Morgan fingerprint density at radius 2 is 2.12 bits per heavy atom. The van der Waals surface area contributed by atoms with E-state index in [1.165, 1.54) is 18.4 Å². The van der Waals surface area contributed by atoms with Gasteiger partial charge in [0.2, 0.25) is 0 Å². The lowest BCUT2D eigenvalue weighted by molar-refractivity contribution is -0.0521. The third kappa shape index (κ3) is 1.40. The second-order valence-electron chi connectivity index (χ2n) is 5.97. The van der Waals surface area contributed by atoms with Crippen LogP contribution in [0.15, 0.2) is 18.2 Å². The molecule has 2 aliphatic heterocycles. The van der Waals surface area contributed by atoms with Crippen LogP contribution in [-0.4, -0.2) is 18.7 Å². The minimum atomic E-state index is 0.0230. The van der Waals surface area contributed by atoms with E-state index in [4.69, 9.17) is 4.74 Å². The van der Waals surface area contributed by atoms with Gasteiger partial charge in [-0.05, 0) is 42.4 Å². The molecular formula is C15H19NO. The van der Waals surface area contributed by atoms with E-state index in [-0.39, 0.29) is 5.60 Å². The van der Waals surface area contributed by atoms with Gasteiger partial charge in [0.1, 0.15) is 0 Å². The molecule has 1 saturated carbocycles. The first-order chi connectivity index (χ1) is 8.28. The molecule has 2 fully saturated rings. The second kappa shape index (κ2) is 3.33. The van der Waals surface area contributed by atoms with E-state index in [2.05, 4.69) is 30.4 Å². The molecule has 0 bridgehead atoms. The summed E-state index contributed by atoms with van der Waals surface area (Å²) < 4.78 is 6.17. The van der Waals surface area contributed by atoms with Crippen molar-refractivity contribution in [3.05, 3.63) is 34.9 Å². The molecule has 1 aromatic carbocycles. The summed E-state index contributed by atoms with van der Waals surface area (Å²) in [5.74, 6) is 1.37. The molecule has 0 spiro atoms. The summed E-state index contributed by atoms with van der Waals surface area (Å²) >= 11 is 0. The first kappa shape index (κ1) is 10.1. The highest BCUT2D eigenvalue weighted by Gasteiger charge is 2.45. The minimum Gasteiger partial charge on any atom is -0.369 e.